The van der Waals surface area contributed by atoms with E-state index in [9.17, 15) is 19.2 Å². The summed E-state index contributed by atoms with van der Waals surface area (Å²) in [6, 6.07) is 6.35. The Balaban J connectivity index is 2.52. The minimum absolute atomic E-state index is 0.00233. The summed E-state index contributed by atoms with van der Waals surface area (Å²) in [5, 5.41) is 16.4. The molecule has 0 bridgehead atoms. The second kappa shape index (κ2) is 12.9. The molecule has 0 heterocycles. The predicted molar refractivity (Wildman–Crippen MR) is 116 cm³/mol. The van der Waals surface area contributed by atoms with Crippen LogP contribution in [-0.4, -0.2) is 59.2 Å². The largest absolute Gasteiger partial charge is 0.480 e. The molecular formula is C20H30N4O5S. The van der Waals surface area contributed by atoms with Gasteiger partial charge in [0.05, 0.1) is 12.6 Å². The summed E-state index contributed by atoms with van der Waals surface area (Å²) in [6.07, 6.45) is 0.575. The quantitative estimate of drug-likeness (QED) is 0.247. The Hall–Kier alpha value is -2.59. The van der Waals surface area contributed by atoms with E-state index in [1.54, 1.807) is 0 Å². The summed E-state index contributed by atoms with van der Waals surface area (Å²) in [6.45, 7) is 3.26. The summed E-state index contributed by atoms with van der Waals surface area (Å²) >= 11 is 4.07. The fourth-order valence-electron chi connectivity index (χ4n) is 2.66. The van der Waals surface area contributed by atoms with Gasteiger partial charge in [0.1, 0.15) is 12.1 Å². The summed E-state index contributed by atoms with van der Waals surface area (Å²) in [7, 11) is 0. The van der Waals surface area contributed by atoms with Crippen molar-refractivity contribution < 1.29 is 24.3 Å². The van der Waals surface area contributed by atoms with Crippen LogP contribution < -0.4 is 21.7 Å². The number of carbonyl (C=O) groups is 4. The number of rotatable bonds is 12. The van der Waals surface area contributed by atoms with Crippen molar-refractivity contribution in [3.05, 3.63) is 35.9 Å². The average molecular weight is 439 g/mol. The molecule has 0 aliphatic rings. The van der Waals surface area contributed by atoms with E-state index in [0.717, 1.165) is 5.56 Å². The van der Waals surface area contributed by atoms with Crippen molar-refractivity contribution in [1.29, 1.82) is 0 Å². The maximum absolute atomic E-state index is 12.3. The monoisotopic (exact) mass is 438 g/mol. The van der Waals surface area contributed by atoms with Crippen molar-refractivity contribution in [2.24, 2.45) is 11.7 Å². The van der Waals surface area contributed by atoms with Gasteiger partial charge in [-0.25, -0.2) is 4.79 Å². The van der Waals surface area contributed by atoms with Gasteiger partial charge >= 0.3 is 5.97 Å². The molecule has 166 valence electrons. The Labute approximate surface area is 181 Å². The topological polar surface area (TPSA) is 151 Å². The first-order valence-electron chi connectivity index (χ1n) is 9.64. The molecule has 3 unspecified atom stereocenters. The smallest absolute Gasteiger partial charge is 0.326 e. The highest BCUT2D eigenvalue weighted by atomic mass is 32.1. The SMILES string of the molecule is CC(C)CC(NC(=O)CNC(=O)C(CS)NC(=O)C(N)Cc1ccccc1)C(=O)O. The predicted octanol–water partition coefficient (Wildman–Crippen LogP) is -0.297. The molecule has 0 fully saturated rings. The van der Waals surface area contributed by atoms with Crippen molar-refractivity contribution in [3.8, 4) is 0 Å². The van der Waals surface area contributed by atoms with Gasteiger partial charge in [-0.05, 0) is 24.3 Å². The fraction of sp³-hybridized carbons (Fsp3) is 0.500. The highest BCUT2D eigenvalue weighted by molar-refractivity contribution is 7.80. The van der Waals surface area contributed by atoms with Crippen molar-refractivity contribution in [3.63, 3.8) is 0 Å². The van der Waals surface area contributed by atoms with Crippen LogP contribution in [0.2, 0.25) is 0 Å². The number of hydrogen-bond donors (Lipinski definition) is 6. The van der Waals surface area contributed by atoms with E-state index in [1.165, 1.54) is 0 Å². The number of carboxylic acids is 1. The number of amides is 3. The van der Waals surface area contributed by atoms with E-state index in [4.69, 9.17) is 10.8 Å². The van der Waals surface area contributed by atoms with E-state index < -0.39 is 48.4 Å². The Kier molecular flexibility index (Phi) is 10.9. The summed E-state index contributed by atoms with van der Waals surface area (Å²) in [5.74, 6) is -2.83. The fourth-order valence-corrected chi connectivity index (χ4v) is 2.92. The van der Waals surface area contributed by atoms with Crippen LogP contribution in [0.5, 0.6) is 0 Å². The van der Waals surface area contributed by atoms with Crippen LogP contribution in [0.1, 0.15) is 25.8 Å². The average Bonchev–Trinajstić information content (AvgIpc) is 2.69. The number of hydrogen-bond acceptors (Lipinski definition) is 6. The van der Waals surface area contributed by atoms with Crippen LogP contribution in [0, 0.1) is 5.92 Å². The lowest BCUT2D eigenvalue weighted by molar-refractivity contribution is -0.142. The highest BCUT2D eigenvalue weighted by Crippen LogP contribution is 2.05. The molecule has 0 radical (unpaired) electrons. The Morgan fingerprint density at radius 2 is 1.67 bits per heavy atom. The molecular weight excluding hydrogens is 408 g/mol. The van der Waals surface area contributed by atoms with Crippen LogP contribution in [0.3, 0.4) is 0 Å². The molecule has 0 aliphatic heterocycles. The molecule has 30 heavy (non-hydrogen) atoms. The van der Waals surface area contributed by atoms with E-state index in [2.05, 4.69) is 28.6 Å². The lowest BCUT2D eigenvalue weighted by Gasteiger charge is -2.20. The van der Waals surface area contributed by atoms with Gasteiger partial charge < -0.3 is 26.8 Å². The minimum atomic E-state index is -1.14. The molecule has 0 aromatic heterocycles. The summed E-state index contributed by atoms with van der Waals surface area (Å²) in [4.78, 5) is 47.7. The molecule has 0 saturated heterocycles. The zero-order chi connectivity index (χ0) is 22.7. The molecule has 1 rings (SSSR count). The number of benzene rings is 1. The van der Waals surface area contributed by atoms with Crippen LogP contribution in [0.4, 0.5) is 0 Å². The third-order valence-electron chi connectivity index (χ3n) is 4.21. The molecule has 0 saturated carbocycles. The van der Waals surface area contributed by atoms with Gasteiger partial charge in [-0.2, -0.15) is 12.6 Å². The molecule has 0 aliphatic carbocycles. The molecule has 3 atom stereocenters. The molecule has 0 spiro atoms. The lowest BCUT2D eigenvalue weighted by atomic mass is 10.0. The Morgan fingerprint density at radius 1 is 1.03 bits per heavy atom. The maximum Gasteiger partial charge on any atom is 0.326 e. The molecule has 1 aromatic carbocycles. The Morgan fingerprint density at radius 3 is 2.20 bits per heavy atom. The first kappa shape index (κ1) is 25.4. The van der Waals surface area contributed by atoms with Gasteiger partial charge in [0.25, 0.3) is 0 Å². The van der Waals surface area contributed by atoms with Gasteiger partial charge in [-0.1, -0.05) is 44.2 Å². The van der Waals surface area contributed by atoms with Crippen LogP contribution >= 0.6 is 12.6 Å². The second-order valence-corrected chi connectivity index (χ2v) is 7.71. The zero-order valence-corrected chi connectivity index (χ0v) is 18.0. The van der Waals surface area contributed by atoms with Crippen molar-refractivity contribution in [2.45, 2.75) is 44.8 Å². The van der Waals surface area contributed by atoms with Crippen LogP contribution in [-0.2, 0) is 25.6 Å². The normalized spacial score (nSPS) is 13.8. The number of nitrogens with one attached hydrogen (secondary N) is 3. The number of carbonyl (C=O) groups excluding carboxylic acids is 3. The van der Waals surface area contributed by atoms with Gasteiger partial charge in [0.15, 0.2) is 0 Å². The molecule has 9 nitrogen and oxygen atoms in total. The summed E-state index contributed by atoms with van der Waals surface area (Å²) < 4.78 is 0. The van der Waals surface area contributed by atoms with E-state index in [0.29, 0.717) is 6.42 Å². The van der Waals surface area contributed by atoms with E-state index >= 15 is 0 Å². The van der Waals surface area contributed by atoms with Gasteiger partial charge in [0.2, 0.25) is 17.7 Å². The number of carboxylic acid groups (broad SMARTS) is 1. The van der Waals surface area contributed by atoms with E-state index in [-0.39, 0.29) is 18.1 Å². The standard InChI is InChI=1S/C20H30N4O5S/c1-12(2)8-15(20(28)29)23-17(25)10-22-19(27)16(11-30)24-18(26)14(21)9-13-6-4-3-5-7-13/h3-7,12,14-16,30H,8-11,21H2,1-2H3,(H,22,27)(H,23,25)(H,24,26)(H,28,29). The van der Waals surface area contributed by atoms with Gasteiger partial charge in [-0.15, -0.1) is 0 Å². The second-order valence-electron chi connectivity index (χ2n) is 7.35. The number of thiol groups is 1. The van der Waals surface area contributed by atoms with Gasteiger partial charge in [-0.3, -0.25) is 14.4 Å². The number of aliphatic carboxylic acids is 1. The van der Waals surface area contributed by atoms with E-state index in [1.807, 2.05) is 44.2 Å². The minimum Gasteiger partial charge on any atom is -0.480 e. The molecule has 6 N–H and O–H groups in total. The van der Waals surface area contributed by atoms with Crippen molar-refractivity contribution in [1.82, 2.24) is 16.0 Å². The first-order chi connectivity index (χ1) is 14.1. The van der Waals surface area contributed by atoms with Crippen LogP contribution in [0.15, 0.2) is 30.3 Å². The first-order valence-corrected chi connectivity index (χ1v) is 10.3. The van der Waals surface area contributed by atoms with Gasteiger partial charge in [0, 0.05) is 5.75 Å². The summed E-state index contributed by atoms with van der Waals surface area (Å²) in [5.41, 5.74) is 6.80. The molecule has 1 aromatic rings. The molecule has 3 amide bonds. The number of nitrogens with two attached hydrogens (primary N) is 1. The van der Waals surface area contributed by atoms with Crippen molar-refractivity contribution in [2.75, 3.05) is 12.3 Å². The maximum atomic E-state index is 12.3. The zero-order valence-electron chi connectivity index (χ0n) is 17.1. The third kappa shape index (κ3) is 9.27. The third-order valence-corrected chi connectivity index (χ3v) is 4.58. The highest BCUT2D eigenvalue weighted by Gasteiger charge is 2.24. The molecule has 10 heteroatoms. The van der Waals surface area contributed by atoms with Crippen molar-refractivity contribution >= 4 is 36.3 Å². The van der Waals surface area contributed by atoms with Crippen LogP contribution in [0.25, 0.3) is 0 Å². The Bertz CT molecular complexity index is 729. The lowest BCUT2D eigenvalue weighted by Crippen LogP contribution is -2.54.